The molecule has 1 amide bonds. The molecule has 0 spiro atoms. The predicted molar refractivity (Wildman–Crippen MR) is 91.2 cm³/mol. The van der Waals surface area contributed by atoms with E-state index in [1.54, 1.807) is 22.1 Å². The minimum atomic E-state index is -4.15. The summed E-state index contributed by atoms with van der Waals surface area (Å²) in [7, 11) is 0. The number of rotatable bonds is 2. The van der Waals surface area contributed by atoms with Crippen molar-refractivity contribution in [3.05, 3.63) is 23.9 Å². The van der Waals surface area contributed by atoms with Crippen LogP contribution in [-0.2, 0) is 4.74 Å². The summed E-state index contributed by atoms with van der Waals surface area (Å²) in [5.74, 6) is -0.521. The van der Waals surface area contributed by atoms with Crippen molar-refractivity contribution < 1.29 is 22.7 Å². The Balaban J connectivity index is 1.53. The summed E-state index contributed by atoms with van der Waals surface area (Å²) in [5.41, 5.74) is 0.468. The van der Waals surface area contributed by atoms with E-state index >= 15 is 0 Å². The fourth-order valence-electron chi connectivity index (χ4n) is 3.23. The Hall–Kier alpha value is -1.99. The summed E-state index contributed by atoms with van der Waals surface area (Å²) in [4.78, 5) is 19.6. The summed E-state index contributed by atoms with van der Waals surface area (Å²) in [6, 6.07) is 3.66. The van der Waals surface area contributed by atoms with E-state index < -0.39 is 17.7 Å². The molecule has 0 aliphatic carbocycles. The van der Waals surface area contributed by atoms with Gasteiger partial charge in [0, 0.05) is 38.3 Å². The number of likely N-dealkylation sites (tertiary alicyclic amines) is 1. The van der Waals surface area contributed by atoms with Gasteiger partial charge in [0.05, 0.1) is 5.92 Å². The first-order valence-electron chi connectivity index (χ1n) is 8.78. The number of carbonyl (C=O) groups excluding carboxylic acids is 1. The minimum absolute atomic E-state index is 0.0360. The van der Waals surface area contributed by atoms with Crippen molar-refractivity contribution >= 4 is 11.9 Å². The molecule has 2 fully saturated rings. The molecule has 0 unspecified atom stereocenters. The van der Waals surface area contributed by atoms with Crippen molar-refractivity contribution in [2.75, 3.05) is 31.1 Å². The topological polar surface area (TPSA) is 45.7 Å². The molecular weight excluding hydrogens is 347 g/mol. The van der Waals surface area contributed by atoms with Crippen LogP contribution in [0.1, 0.15) is 38.7 Å². The van der Waals surface area contributed by atoms with E-state index in [-0.39, 0.29) is 25.0 Å². The first kappa shape index (κ1) is 18.8. The number of nitrogens with zero attached hydrogens (tertiary/aromatic N) is 3. The highest BCUT2D eigenvalue weighted by atomic mass is 19.4. The fourth-order valence-corrected chi connectivity index (χ4v) is 3.23. The predicted octanol–water partition coefficient (Wildman–Crippen LogP) is 3.80. The number of halogens is 3. The van der Waals surface area contributed by atoms with Crippen LogP contribution < -0.4 is 4.90 Å². The molecule has 1 aromatic rings. The van der Waals surface area contributed by atoms with Crippen molar-refractivity contribution in [2.45, 2.75) is 44.9 Å². The van der Waals surface area contributed by atoms with Gasteiger partial charge in [0.1, 0.15) is 11.4 Å². The first-order valence-corrected chi connectivity index (χ1v) is 8.78. The summed E-state index contributed by atoms with van der Waals surface area (Å²) >= 11 is 0. The molecule has 2 aliphatic heterocycles. The largest absolute Gasteiger partial charge is 0.444 e. The zero-order chi connectivity index (χ0) is 19.1. The van der Waals surface area contributed by atoms with Crippen LogP contribution in [0.25, 0.3) is 0 Å². The van der Waals surface area contributed by atoms with Crippen LogP contribution in [0.15, 0.2) is 18.3 Å². The van der Waals surface area contributed by atoms with Crippen molar-refractivity contribution in [3.63, 3.8) is 0 Å². The van der Waals surface area contributed by atoms with Crippen LogP contribution in [-0.4, -0.2) is 53.9 Å². The molecule has 3 rings (SSSR count). The highest BCUT2D eigenvalue weighted by Crippen LogP contribution is 2.35. The van der Waals surface area contributed by atoms with Gasteiger partial charge in [-0.25, -0.2) is 9.78 Å². The Bertz CT molecular complexity index is 649. The van der Waals surface area contributed by atoms with Crippen LogP contribution in [0.3, 0.4) is 0 Å². The Morgan fingerprint density at radius 1 is 1.19 bits per heavy atom. The zero-order valence-electron chi connectivity index (χ0n) is 15.2. The Morgan fingerprint density at radius 3 is 2.38 bits per heavy atom. The van der Waals surface area contributed by atoms with Crippen LogP contribution >= 0.6 is 0 Å². The van der Waals surface area contributed by atoms with Gasteiger partial charge < -0.3 is 14.5 Å². The standard InChI is InChI=1S/C18H24F3N3O2/c1-17(2,3)26-16(25)24-9-13(10-24)12-4-5-15(22-8-12)23-7-6-14(11-23)18(19,20)21/h4-5,8,13-14H,6-7,9-11H2,1-3H3/t14-/m1/s1. The monoisotopic (exact) mass is 371 g/mol. The lowest BCUT2D eigenvalue weighted by atomic mass is 9.93. The SMILES string of the molecule is CC(C)(C)OC(=O)N1CC(c2ccc(N3CC[C@@H](C(F)(F)F)C3)nc2)C1. The lowest BCUT2D eigenvalue weighted by Gasteiger charge is -2.40. The molecule has 8 heteroatoms. The van der Waals surface area contributed by atoms with Crippen LogP contribution in [0.5, 0.6) is 0 Å². The van der Waals surface area contributed by atoms with Gasteiger partial charge in [0.25, 0.3) is 0 Å². The second kappa shape index (κ2) is 6.63. The average Bonchev–Trinajstić information content (AvgIpc) is 2.94. The van der Waals surface area contributed by atoms with Crippen LogP contribution in [0, 0.1) is 5.92 Å². The second-order valence-electron chi connectivity index (χ2n) is 8.01. The quantitative estimate of drug-likeness (QED) is 0.793. The van der Waals surface area contributed by atoms with Gasteiger partial charge in [0.15, 0.2) is 0 Å². The van der Waals surface area contributed by atoms with Crippen LogP contribution in [0.2, 0.25) is 0 Å². The van der Waals surface area contributed by atoms with Crippen molar-refractivity contribution in [1.29, 1.82) is 0 Å². The van der Waals surface area contributed by atoms with Gasteiger partial charge in [0.2, 0.25) is 0 Å². The number of hydrogen-bond donors (Lipinski definition) is 0. The molecular formula is C18H24F3N3O2. The van der Waals surface area contributed by atoms with E-state index in [2.05, 4.69) is 4.98 Å². The third kappa shape index (κ3) is 4.22. The van der Waals surface area contributed by atoms with Crippen molar-refractivity contribution in [3.8, 4) is 0 Å². The number of alkyl halides is 3. The summed E-state index contributed by atoms with van der Waals surface area (Å²) in [5, 5.41) is 0. The minimum Gasteiger partial charge on any atom is -0.444 e. The maximum atomic E-state index is 12.8. The van der Waals surface area contributed by atoms with E-state index in [0.29, 0.717) is 25.5 Å². The third-order valence-corrected chi connectivity index (χ3v) is 4.75. The molecule has 0 aromatic carbocycles. The maximum absolute atomic E-state index is 12.8. The Morgan fingerprint density at radius 2 is 1.88 bits per heavy atom. The van der Waals surface area contributed by atoms with Gasteiger partial charge in [-0.3, -0.25) is 0 Å². The van der Waals surface area contributed by atoms with Crippen molar-refractivity contribution in [2.24, 2.45) is 5.92 Å². The fraction of sp³-hybridized carbons (Fsp3) is 0.667. The highest BCUT2D eigenvalue weighted by molar-refractivity contribution is 5.69. The van der Waals surface area contributed by atoms with E-state index in [0.717, 1.165) is 5.56 Å². The number of hydrogen-bond acceptors (Lipinski definition) is 4. The molecule has 26 heavy (non-hydrogen) atoms. The van der Waals surface area contributed by atoms with Gasteiger partial charge >= 0.3 is 12.3 Å². The third-order valence-electron chi connectivity index (χ3n) is 4.75. The summed E-state index contributed by atoms with van der Waals surface area (Å²) in [6.45, 7) is 6.94. The van der Waals surface area contributed by atoms with Gasteiger partial charge in [-0.05, 0) is 38.8 Å². The number of ether oxygens (including phenoxy) is 1. The lowest BCUT2D eigenvalue weighted by Crippen LogP contribution is -2.50. The molecule has 2 saturated heterocycles. The number of anilines is 1. The second-order valence-corrected chi connectivity index (χ2v) is 8.01. The normalized spacial score (nSPS) is 21.7. The summed E-state index contributed by atoms with van der Waals surface area (Å²) in [6.07, 6.45) is -2.66. The van der Waals surface area contributed by atoms with E-state index in [1.165, 1.54) is 0 Å². The van der Waals surface area contributed by atoms with E-state index in [9.17, 15) is 18.0 Å². The molecule has 2 aliphatic rings. The van der Waals surface area contributed by atoms with Crippen molar-refractivity contribution in [1.82, 2.24) is 9.88 Å². The first-order chi connectivity index (χ1) is 12.0. The summed E-state index contributed by atoms with van der Waals surface area (Å²) < 4.78 is 43.7. The number of carbonyl (C=O) groups is 1. The van der Waals surface area contributed by atoms with Gasteiger partial charge in [-0.1, -0.05) is 6.07 Å². The lowest BCUT2D eigenvalue weighted by molar-refractivity contribution is -0.168. The smallest absolute Gasteiger partial charge is 0.410 e. The molecule has 0 radical (unpaired) electrons. The van der Waals surface area contributed by atoms with Crippen LogP contribution in [0.4, 0.5) is 23.8 Å². The zero-order valence-corrected chi connectivity index (χ0v) is 15.2. The number of amides is 1. The molecule has 0 saturated carbocycles. The van der Waals surface area contributed by atoms with E-state index in [4.69, 9.17) is 4.74 Å². The molecule has 0 N–H and O–H groups in total. The number of aromatic nitrogens is 1. The maximum Gasteiger partial charge on any atom is 0.410 e. The molecule has 1 atom stereocenters. The van der Waals surface area contributed by atoms with Gasteiger partial charge in [-0.15, -0.1) is 0 Å². The average molecular weight is 371 g/mol. The molecule has 144 valence electrons. The molecule has 0 bridgehead atoms. The van der Waals surface area contributed by atoms with E-state index in [1.807, 2.05) is 26.8 Å². The highest BCUT2D eigenvalue weighted by Gasteiger charge is 2.44. The molecule has 3 heterocycles. The Kier molecular flexibility index (Phi) is 4.79. The number of pyridine rings is 1. The Labute approximate surface area is 151 Å². The molecule has 5 nitrogen and oxygen atoms in total. The molecule has 1 aromatic heterocycles. The van der Waals surface area contributed by atoms with Gasteiger partial charge in [-0.2, -0.15) is 13.2 Å².